The fourth-order valence-electron chi connectivity index (χ4n) is 0.671. The summed E-state index contributed by atoms with van der Waals surface area (Å²) in [5.74, 6) is 0. The van der Waals surface area contributed by atoms with Gasteiger partial charge in [0.15, 0.2) is 0 Å². The van der Waals surface area contributed by atoms with Crippen molar-refractivity contribution < 1.29 is 0 Å². The van der Waals surface area contributed by atoms with Crippen molar-refractivity contribution >= 4 is 11.8 Å². The Morgan fingerprint density at radius 3 is 2.80 bits per heavy atom. The summed E-state index contributed by atoms with van der Waals surface area (Å²) in [5, 5.41) is 4.96. The lowest BCUT2D eigenvalue weighted by Crippen LogP contribution is -2.08. The summed E-state index contributed by atoms with van der Waals surface area (Å²) in [6.45, 7) is 6.75. The minimum absolute atomic E-state index is 0.949. The van der Waals surface area contributed by atoms with Crippen molar-refractivity contribution in [3.05, 3.63) is 23.0 Å². The third-order valence-electron chi connectivity index (χ3n) is 1.02. The highest BCUT2D eigenvalue weighted by Crippen LogP contribution is 2.15. The molecule has 0 unspecified atom stereocenters. The Kier molecular flexibility index (Phi) is 6.76. The van der Waals surface area contributed by atoms with Crippen molar-refractivity contribution in [3.8, 4) is 0 Å². The zero-order valence-electron chi connectivity index (χ0n) is 6.68. The van der Waals surface area contributed by atoms with Crippen LogP contribution in [0.5, 0.6) is 0 Å². The largest absolute Gasteiger partial charge is 0.315 e. The lowest BCUT2D eigenvalue weighted by molar-refractivity contribution is 0.906. The first-order valence-corrected chi connectivity index (χ1v) is 4.34. The van der Waals surface area contributed by atoms with Gasteiger partial charge in [0.1, 0.15) is 0 Å². The Hall–Kier alpha value is -0.210. The zero-order valence-corrected chi connectivity index (χ0v) is 7.50. The summed E-state index contributed by atoms with van der Waals surface area (Å²) in [6.07, 6.45) is 3.31. The van der Waals surface area contributed by atoms with E-state index in [0.29, 0.717) is 0 Å². The van der Waals surface area contributed by atoms with Gasteiger partial charge in [-0.3, -0.25) is 0 Å². The number of nitrogens with one attached hydrogen (secondary N) is 1. The second-order valence-electron chi connectivity index (χ2n) is 1.89. The summed E-state index contributed by atoms with van der Waals surface area (Å²) in [7, 11) is 1.95. The second-order valence-corrected chi connectivity index (χ2v) is 2.99. The van der Waals surface area contributed by atoms with E-state index < -0.39 is 0 Å². The molecular formula is C8H15NS. The van der Waals surface area contributed by atoms with Gasteiger partial charge in [-0.15, -0.1) is 11.8 Å². The maximum absolute atomic E-state index is 3.66. The Morgan fingerprint density at radius 1 is 1.70 bits per heavy atom. The molecule has 0 amide bonds. The molecule has 0 atom stereocenters. The fourth-order valence-corrected chi connectivity index (χ4v) is 1.38. The monoisotopic (exact) mass is 157 g/mol. The number of likely N-dealkylation sites (N-methyl/N-ethyl adjacent to an activating group) is 1. The number of rotatable bonds is 5. The average molecular weight is 157 g/mol. The Bertz CT molecular complexity index is 118. The van der Waals surface area contributed by atoms with E-state index in [1.807, 2.05) is 12.5 Å². The molecule has 0 spiro atoms. The van der Waals surface area contributed by atoms with Crippen LogP contribution in [0.1, 0.15) is 13.3 Å². The van der Waals surface area contributed by atoms with Gasteiger partial charge in [-0.1, -0.05) is 19.6 Å². The molecule has 1 N–H and O–H groups in total. The number of thioether (sulfide) groups is 1. The van der Waals surface area contributed by atoms with Gasteiger partial charge in [0.2, 0.25) is 0 Å². The molecule has 0 saturated heterocycles. The molecule has 0 aromatic rings. The van der Waals surface area contributed by atoms with E-state index in [1.165, 1.54) is 4.91 Å². The van der Waals surface area contributed by atoms with Crippen LogP contribution in [-0.2, 0) is 0 Å². The van der Waals surface area contributed by atoms with Crippen molar-refractivity contribution in [1.82, 2.24) is 5.32 Å². The van der Waals surface area contributed by atoms with Gasteiger partial charge in [0.25, 0.3) is 0 Å². The third-order valence-corrected chi connectivity index (χ3v) is 1.80. The van der Waals surface area contributed by atoms with Gasteiger partial charge in [-0.05, 0) is 23.8 Å². The lowest BCUT2D eigenvalue weighted by atomic mass is 10.4. The van der Waals surface area contributed by atoms with E-state index in [1.54, 1.807) is 11.8 Å². The van der Waals surface area contributed by atoms with Gasteiger partial charge in [-0.25, -0.2) is 0 Å². The van der Waals surface area contributed by atoms with E-state index in [-0.39, 0.29) is 0 Å². The minimum atomic E-state index is 0.949. The standard InChI is InChI=1S/C8H15NS/c1-4-6-8(7-9-3)10-5-2/h5-6,9H,2,4,7H2,1,3H3/b8-6-. The van der Waals surface area contributed by atoms with Crippen LogP contribution in [0.4, 0.5) is 0 Å². The first-order valence-electron chi connectivity index (χ1n) is 3.46. The molecule has 0 aliphatic rings. The van der Waals surface area contributed by atoms with E-state index in [0.717, 1.165) is 13.0 Å². The molecule has 0 aliphatic heterocycles. The predicted molar refractivity (Wildman–Crippen MR) is 50.1 cm³/mol. The topological polar surface area (TPSA) is 12.0 Å². The van der Waals surface area contributed by atoms with Crippen LogP contribution in [0.2, 0.25) is 0 Å². The third kappa shape index (κ3) is 4.65. The number of allylic oxidation sites excluding steroid dienone is 1. The molecule has 0 heterocycles. The van der Waals surface area contributed by atoms with Gasteiger partial charge in [0.05, 0.1) is 0 Å². The summed E-state index contributed by atoms with van der Waals surface area (Å²) in [4.78, 5) is 1.35. The molecule has 0 radical (unpaired) electrons. The van der Waals surface area contributed by atoms with Crippen LogP contribution < -0.4 is 5.32 Å². The van der Waals surface area contributed by atoms with E-state index in [2.05, 4.69) is 24.9 Å². The number of hydrogen-bond acceptors (Lipinski definition) is 2. The Balaban J connectivity index is 3.71. The highest BCUT2D eigenvalue weighted by molar-refractivity contribution is 8.05. The van der Waals surface area contributed by atoms with Crippen LogP contribution in [0.15, 0.2) is 23.0 Å². The van der Waals surface area contributed by atoms with E-state index in [9.17, 15) is 0 Å². The second kappa shape index (κ2) is 6.90. The van der Waals surface area contributed by atoms with Crippen molar-refractivity contribution in [2.24, 2.45) is 0 Å². The summed E-state index contributed by atoms with van der Waals surface area (Å²) < 4.78 is 0. The molecule has 0 aromatic heterocycles. The summed E-state index contributed by atoms with van der Waals surface area (Å²) in [5.41, 5.74) is 0. The van der Waals surface area contributed by atoms with Crippen LogP contribution in [0.3, 0.4) is 0 Å². The maximum atomic E-state index is 3.66. The first-order chi connectivity index (χ1) is 4.85. The van der Waals surface area contributed by atoms with Crippen molar-refractivity contribution in [2.45, 2.75) is 13.3 Å². The van der Waals surface area contributed by atoms with Crippen molar-refractivity contribution in [2.75, 3.05) is 13.6 Å². The van der Waals surface area contributed by atoms with E-state index in [4.69, 9.17) is 0 Å². The molecule has 0 rings (SSSR count). The predicted octanol–water partition coefficient (Wildman–Crippen LogP) is 2.38. The molecule has 0 saturated carbocycles. The van der Waals surface area contributed by atoms with Crippen LogP contribution in [0, 0.1) is 0 Å². The smallest absolute Gasteiger partial charge is 0.0262 e. The molecule has 0 bridgehead atoms. The molecular weight excluding hydrogens is 142 g/mol. The van der Waals surface area contributed by atoms with Gasteiger partial charge >= 0.3 is 0 Å². The average Bonchev–Trinajstić information content (AvgIpc) is 1.90. The normalized spacial score (nSPS) is 11.6. The molecule has 0 fully saturated rings. The van der Waals surface area contributed by atoms with Crippen molar-refractivity contribution in [1.29, 1.82) is 0 Å². The maximum Gasteiger partial charge on any atom is 0.0262 e. The molecule has 10 heavy (non-hydrogen) atoms. The van der Waals surface area contributed by atoms with Gasteiger partial charge < -0.3 is 5.32 Å². The summed E-state index contributed by atoms with van der Waals surface area (Å²) >= 11 is 1.69. The van der Waals surface area contributed by atoms with Gasteiger partial charge in [-0.2, -0.15) is 0 Å². The van der Waals surface area contributed by atoms with E-state index >= 15 is 0 Å². The van der Waals surface area contributed by atoms with Crippen LogP contribution in [-0.4, -0.2) is 13.6 Å². The first kappa shape index (κ1) is 9.79. The Morgan fingerprint density at radius 2 is 2.40 bits per heavy atom. The van der Waals surface area contributed by atoms with Crippen LogP contribution >= 0.6 is 11.8 Å². The molecule has 0 aromatic carbocycles. The van der Waals surface area contributed by atoms with Crippen LogP contribution in [0.25, 0.3) is 0 Å². The minimum Gasteiger partial charge on any atom is -0.315 e. The Labute approximate surface area is 67.6 Å². The highest BCUT2D eigenvalue weighted by Gasteiger charge is 1.90. The highest BCUT2D eigenvalue weighted by atomic mass is 32.2. The molecule has 2 heteroatoms. The summed E-state index contributed by atoms with van der Waals surface area (Å²) in [6, 6.07) is 0. The molecule has 58 valence electrons. The van der Waals surface area contributed by atoms with Crippen molar-refractivity contribution in [3.63, 3.8) is 0 Å². The lowest BCUT2D eigenvalue weighted by Gasteiger charge is -2.00. The number of hydrogen-bond donors (Lipinski definition) is 1. The molecule has 1 nitrogen and oxygen atoms in total. The van der Waals surface area contributed by atoms with Gasteiger partial charge in [0, 0.05) is 6.54 Å². The zero-order chi connectivity index (χ0) is 7.82. The molecule has 0 aliphatic carbocycles. The quantitative estimate of drug-likeness (QED) is 0.657. The fraction of sp³-hybridized carbons (Fsp3) is 0.500. The SMILES string of the molecule is C=CS/C(=C\CC)CNC.